The average molecular weight is 327 g/mol. The van der Waals surface area contributed by atoms with E-state index >= 15 is 0 Å². The average Bonchev–Trinajstić information content (AvgIpc) is 3.23. The van der Waals surface area contributed by atoms with E-state index in [0.717, 1.165) is 31.4 Å². The summed E-state index contributed by atoms with van der Waals surface area (Å²) in [6.07, 6.45) is 4.91. The molecule has 3 atom stereocenters. The molecule has 5 heteroatoms. The molecule has 3 heterocycles. The Bertz CT molecular complexity index is 711. The van der Waals surface area contributed by atoms with Crippen molar-refractivity contribution in [2.24, 2.45) is 0 Å². The van der Waals surface area contributed by atoms with Crippen LogP contribution in [-0.4, -0.2) is 34.7 Å². The highest BCUT2D eigenvalue weighted by molar-refractivity contribution is 5.86. The van der Waals surface area contributed by atoms with E-state index in [1.165, 1.54) is 11.8 Å². The largest absolute Gasteiger partial charge is 0.475 e. The summed E-state index contributed by atoms with van der Waals surface area (Å²) >= 11 is 0. The van der Waals surface area contributed by atoms with Crippen LogP contribution in [0.15, 0.2) is 47.1 Å². The van der Waals surface area contributed by atoms with Gasteiger partial charge in [0.15, 0.2) is 0 Å². The number of carboxylic acids is 1. The number of nitrogens with zero attached hydrogens (tertiary/aromatic N) is 1. The summed E-state index contributed by atoms with van der Waals surface area (Å²) in [6, 6.07) is 12.4. The van der Waals surface area contributed by atoms with Gasteiger partial charge in [-0.05, 0) is 37.4 Å². The van der Waals surface area contributed by atoms with Crippen LogP contribution in [0.1, 0.15) is 47.0 Å². The molecule has 0 aliphatic carbocycles. The number of furan rings is 1. The van der Waals surface area contributed by atoms with E-state index in [1.807, 2.05) is 18.2 Å². The van der Waals surface area contributed by atoms with Crippen molar-refractivity contribution in [1.29, 1.82) is 0 Å². The van der Waals surface area contributed by atoms with Crippen LogP contribution in [0.5, 0.6) is 0 Å². The van der Waals surface area contributed by atoms with E-state index in [9.17, 15) is 9.90 Å². The smallest absolute Gasteiger partial charge is 0.372 e. The monoisotopic (exact) mass is 327 g/mol. The molecule has 0 saturated carbocycles. The summed E-state index contributed by atoms with van der Waals surface area (Å²) in [5.41, 5.74) is 1.97. The third-order valence-electron chi connectivity index (χ3n) is 5.11. The Labute approximate surface area is 140 Å². The molecule has 0 radical (unpaired) electrons. The molecule has 0 amide bonds. The molecule has 0 spiro atoms. The van der Waals surface area contributed by atoms with Gasteiger partial charge in [-0.25, -0.2) is 4.79 Å². The Morgan fingerprint density at radius 2 is 2.08 bits per heavy atom. The Kier molecular flexibility index (Phi) is 4.12. The van der Waals surface area contributed by atoms with Crippen molar-refractivity contribution in [2.45, 2.75) is 44.1 Å². The number of fused-ring (bicyclic) bond motifs is 1. The number of rotatable bonds is 4. The van der Waals surface area contributed by atoms with Crippen LogP contribution in [0.2, 0.25) is 0 Å². The lowest BCUT2D eigenvalue weighted by molar-refractivity contribution is -0.00581. The van der Waals surface area contributed by atoms with Gasteiger partial charge in [0, 0.05) is 18.2 Å². The van der Waals surface area contributed by atoms with Gasteiger partial charge in [0.1, 0.15) is 0 Å². The number of hydrogen-bond donors (Lipinski definition) is 1. The van der Waals surface area contributed by atoms with Gasteiger partial charge in [-0.15, -0.1) is 0 Å². The lowest BCUT2D eigenvalue weighted by Gasteiger charge is -2.36. The van der Waals surface area contributed by atoms with Crippen LogP contribution >= 0.6 is 0 Å². The molecule has 0 unspecified atom stereocenters. The van der Waals surface area contributed by atoms with E-state index in [0.29, 0.717) is 12.6 Å². The maximum atomic E-state index is 11.3. The highest BCUT2D eigenvalue weighted by Crippen LogP contribution is 2.40. The third kappa shape index (κ3) is 2.85. The number of likely N-dealkylation sites (tertiary alicyclic amines) is 1. The first-order chi connectivity index (χ1) is 11.7. The van der Waals surface area contributed by atoms with Gasteiger partial charge < -0.3 is 14.3 Å². The van der Waals surface area contributed by atoms with Gasteiger partial charge in [0.25, 0.3) is 0 Å². The zero-order valence-electron chi connectivity index (χ0n) is 13.4. The van der Waals surface area contributed by atoms with E-state index < -0.39 is 5.97 Å². The van der Waals surface area contributed by atoms with Crippen LogP contribution in [0.25, 0.3) is 0 Å². The summed E-state index contributed by atoms with van der Waals surface area (Å²) in [7, 11) is 0. The number of benzene rings is 1. The molecule has 126 valence electrons. The lowest BCUT2D eigenvalue weighted by Crippen LogP contribution is -2.45. The van der Waals surface area contributed by atoms with Gasteiger partial charge in [0.2, 0.25) is 5.76 Å². The second-order valence-corrected chi connectivity index (χ2v) is 6.57. The summed E-state index contributed by atoms with van der Waals surface area (Å²) in [5, 5.41) is 9.23. The minimum atomic E-state index is -1.01. The number of carbonyl (C=O) groups is 1. The predicted octanol–water partition coefficient (Wildman–Crippen LogP) is 3.47. The summed E-state index contributed by atoms with van der Waals surface area (Å²) in [4.78, 5) is 13.6. The number of hydrogen-bond acceptors (Lipinski definition) is 4. The topological polar surface area (TPSA) is 62.9 Å². The maximum absolute atomic E-state index is 11.3. The van der Waals surface area contributed by atoms with Crippen molar-refractivity contribution in [3.63, 3.8) is 0 Å². The highest BCUT2D eigenvalue weighted by atomic mass is 16.5. The first-order valence-corrected chi connectivity index (χ1v) is 8.46. The van der Waals surface area contributed by atoms with Crippen molar-refractivity contribution in [3.8, 4) is 0 Å². The number of ether oxygens (including phenoxy) is 1. The molecule has 2 aromatic rings. The van der Waals surface area contributed by atoms with Crippen molar-refractivity contribution >= 4 is 5.97 Å². The summed E-state index contributed by atoms with van der Waals surface area (Å²) in [6.45, 7) is 1.57. The first-order valence-electron chi connectivity index (χ1n) is 8.46. The SMILES string of the molecule is O=C(O)c1occc1CN1CCC[C@@H]2O[C@H](c3ccccc3)C[C@@H]21. The third-order valence-corrected chi connectivity index (χ3v) is 5.11. The second-order valence-electron chi connectivity index (χ2n) is 6.57. The number of aromatic carboxylic acids is 1. The van der Waals surface area contributed by atoms with Crippen LogP contribution in [0.3, 0.4) is 0 Å². The lowest BCUT2D eigenvalue weighted by atomic mass is 9.95. The van der Waals surface area contributed by atoms with E-state index in [-0.39, 0.29) is 18.0 Å². The van der Waals surface area contributed by atoms with Gasteiger partial charge in [-0.3, -0.25) is 4.90 Å². The fraction of sp³-hybridized carbons (Fsp3) is 0.421. The maximum Gasteiger partial charge on any atom is 0.372 e. The van der Waals surface area contributed by atoms with Gasteiger partial charge in [-0.1, -0.05) is 30.3 Å². The molecule has 24 heavy (non-hydrogen) atoms. The van der Waals surface area contributed by atoms with Crippen molar-refractivity contribution < 1.29 is 19.1 Å². The zero-order valence-corrected chi connectivity index (χ0v) is 13.4. The fourth-order valence-corrected chi connectivity index (χ4v) is 3.98. The van der Waals surface area contributed by atoms with Crippen molar-refractivity contribution in [1.82, 2.24) is 4.90 Å². The highest BCUT2D eigenvalue weighted by Gasteiger charge is 2.41. The standard InChI is InChI=1S/C19H21NO4/c21-19(22)18-14(8-10-23-18)12-20-9-4-7-16-15(20)11-17(24-16)13-5-2-1-3-6-13/h1-3,5-6,8,10,15-17H,4,7,9,11-12H2,(H,21,22)/t15-,16-,17-/m0/s1. The molecule has 4 rings (SSSR count). The molecule has 1 N–H and O–H groups in total. The van der Waals surface area contributed by atoms with Crippen LogP contribution in [0, 0.1) is 0 Å². The Balaban J connectivity index is 1.51. The van der Waals surface area contributed by atoms with Gasteiger partial charge in [0.05, 0.1) is 18.5 Å². The fourth-order valence-electron chi connectivity index (χ4n) is 3.98. The zero-order chi connectivity index (χ0) is 16.5. The number of piperidine rings is 1. The molecular weight excluding hydrogens is 306 g/mol. The van der Waals surface area contributed by atoms with Crippen molar-refractivity contribution in [2.75, 3.05) is 6.54 Å². The molecule has 2 aliphatic heterocycles. The summed E-state index contributed by atoms with van der Waals surface area (Å²) in [5.74, 6) is -0.955. The molecule has 5 nitrogen and oxygen atoms in total. The van der Waals surface area contributed by atoms with E-state index in [1.54, 1.807) is 6.07 Å². The second kappa shape index (κ2) is 6.42. The van der Waals surface area contributed by atoms with Gasteiger partial charge >= 0.3 is 5.97 Å². The normalized spacial score (nSPS) is 27.1. The Morgan fingerprint density at radius 3 is 2.88 bits per heavy atom. The molecule has 1 aromatic heterocycles. The molecule has 2 saturated heterocycles. The minimum Gasteiger partial charge on any atom is -0.475 e. The Morgan fingerprint density at radius 1 is 1.25 bits per heavy atom. The van der Waals surface area contributed by atoms with Crippen LogP contribution < -0.4 is 0 Å². The van der Waals surface area contributed by atoms with E-state index in [2.05, 4.69) is 17.0 Å². The van der Waals surface area contributed by atoms with Gasteiger partial charge in [-0.2, -0.15) is 0 Å². The molecule has 2 aliphatic rings. The molecular formula is C19H21NO4. The first kappa shape index (κ1) is 15.4. The van der Waals surface area contributed by atoms with Crippen LogP contribution in [-0.2, 0) is 11.3 Å². The Hall–Kier alpha value is -2.11. The molecule has 2 fully saturated rings. The number of carboxylic acid groups (broad SMARTS) is 1. The van der Waals surface area contributed by atoms with Crippen molar-refractivity contribution in [3.05, 3.63) is 59.5 Å². The summed E-state index contributed by atoms with van der Waals surface area (Å²) < 4.78 is 11.4. The minimum absolute atomic E-state index is 0.0515. The molecule has 0 bridgehead atoms. The quantitative estimate of drug-likeness (QED) is 0.931. The molecule has 1 aromatic carbocycles. The van der Waals surface area contributed by atoms with E-state index in [4.69, 9.17) is 9.15 Å². The predicted molar refractivity (Wildman–Crippen MR) is 87.8 cm³/mol. The van der Waals surface area contributed by atoms with Crippen LogP contribution in [0.4, 0.5) is 0 Å².